The first-order valence-electron chi connectivity index (χ1n) is 7.45. The van der Waals surface area contributed by atoms with Gasteiger partial charge in [0.15, 0.2) is 12.4 Å². The van der Waals surface area contributed by atoms with Crippen molar-refractivity contribution in [1.82, 2.24) is 0 Å². The average Bonchev–Trinajstić information content (AvgIpc) is 2.58. The van der Waals surface area contributed by atoms with Crippen LogP contribution in [0.25, 0.3) is 6.08 Å². The van der Waals surface area contributed by atoms with Crippen molar-refractivity contribution in [3.8, 4) is 0 Å². The van der Waals surface area contributed by atoms with E-state index in [9.17, 15) is 14.4 Å². The van der Waals surface area contributed by atoms with E-state index in [4.69, 9.17) is 4.74 Å². The first kappa shape index (κ1) is 18.6. The van der Waals surface area contributed by atoms with Crippen molar-refractivity contribution in [1.29, 1.82) is 0 Å². The standard InChI is InChI=1S/C19H16BrNO4/c1-13(22)15-5-3-7-17(11-15)21-18(23)12-25-19(24)9-8-14-4-2-6-16(20)10-14/h2-11H,12H2,1H3,(H,21,23)/b9-8-. The molecule has 128 valence electrons. The van der Waals surface area contributed by atoms with Crippen LogP contribution >= 0.6 is 15.9 Å². The molecule has 2 aromatic rings. The van der Waals surface area contributed by atoms with Gasteiger partial charge in [-0.1, -0.05) is 40.2 Å². The third-order valence-corrected chi connectivity index (χ3v) is 3.65. The summed E-state index contributed by atoms with van der Waals surface area (Å²) >= 11 is 3.34. The third-order valence-electron chi connectivity index (χ3n) is 3.16. The fourth-order valence-electron chi connectivity index (χ4n) is 1.97. The molecule has 0 saturated heterocycles. The molecule has 5 nitrogen and oxygen atoms in total. The molecule has 0 saturated carbocycles. The molecule has 0 unspecified atom stereocenters. The van der Waals surface area contributed by atoms with E-state index in [2.05, 4.69) is 21.2 Å². The van der Waals surface area contributed by atoms with Gasteiger partial charge in [0.1, 0.15) is 0 Å². The normalized spacial score (nSPS) is 10.5. The van der Waals surface area contributed by atoms with Crippen LogP contribution < -0.4 is 5.32 Å². The summed E-state index contributed by atoms with van der Waals surface area (Å²) in [7, 11) is 0. The van der Waals surface area contributed by atoms with Gasteiger partial charge in [0, 0.05) is 21.8 Å². The number of rotatable bonds is 6. The van der Waals surface area contributed by atoms with Gasteiger partial charge in [0.25, 0.3) is 5.91 Å². The van der Waals surface area contributed by atoms with Gasteiger partial charge < -0.3 is 10.1 Å². The van der Waals surface area contributed by atoms with Crippen molar-refractivity contribution in [3.05, 3.63) is 70.2 Å². The molecule has 0 atom stereocenters. The lowest BCUT2D eigenvalue weighted by Gasteiger charge is -2.06. The summed E-state index contributed by atoms with van der Waals surface area (Å²) in [5, 5.41) is 2.58. The number of Topliss-reactive ketones (excluding diaryl/α,β-unsaturated/α-hetero) is 1. The molecule has 0 bridgehead atoms. The van der Waals surface area contributed by atoms with Crippen molar-refractivity contribution < 1.29 is 19.1 Å². The van der Waals surface area contributed by atoms with Gasteiger partial charge in [-0.25, -0.2) is 4.79 Å². The van der Waals surface area contributed by atoms with E-state index in [1.165, 1.54) is 13.0 Å². The molecule has 1 amide bonds. The molecule has 0 aliphatic rings. The first-order valence-corrected chi connectivity index (χ1v) is 8.24. The molecule has 6 heteroatoms. The minimum Gasteiger partial charge on any atom is -0.452 e. The Labute approximate surface area is 153 Å². The van der Waals surface area contributed by atoms with Crippen molar-refractivity contribution in [2.24, 2.45) is 0 Å². The second kappa shape index (κ2) is 8.94. The van der Waals surface area contributed by atoms with Crippen LogP contribution in [0.2, 0.25) is 0 Å². The molecule has 0 aliphatic heterocycles. The molecule has 25 heavy (non-hydrogen) atoms. The van der Waals surface area contributed by atoms with Crippen LogP contribution in [0.1, 0.15) is 22.8 Å². The largest absolute Gasteiger partial charge is 0.452 e. The van der Waals surface area contributed by atoms with Crippen molar-refractivity contribution in [2.75, 3.05) is 11.9 Å². The highest BCUT2D eigenvalue weighted by Crippen LogP contribution is 2.13. The Bertz CT molecular complexity index is 830. The van der Waals surface area contributed by atoms with Gasteiger partial charge in [-0.15, -0.1) is 0 Å². The fraction of sp³-hybridized carbons (Fsp3) is 0.105. The number of halogens is 1. The van der Waals surface area contributed by atoms with E-state index in [0.29, 0.717) is 11.3 Å². The average molecular weight is 402 g/mol. The number of carbonyl (C=O) groups is 3. The van der Waals surface area contributed by atoms with E-state index in [0.717, 1.165) is 10.0 Å². The van der Waals surface area contributed by atoms with Gasteiger partial charge >= 0.3 is 5.97 Å². The van der Waals surface area contributed by atoms with Crippen molar-refractivity contribution in [3.63, 3.8) is 0 Å². The molecule has 0 spiro atoms. The number of hydrogen-bond donors (Lipinski definition) is 1. The lowest BCUT2D eigenvalue weighted by molar-refractivity contribution is -0.142. The lowest BCUT2D eigenvalue weighted by atomic mass is 10.1. The smallest absolute Gasteiger partial charge is 0.331 e. The SMILES string of the molecule is CC(=O)c1cccc(NC(=O)COC(=O)/C=C\c2cccc(Br)c2)c1. The zero-order chi connectivity index (χ0) is 18.2. The number of hydrogen-bond acceptors (Lipinski definition) is 4. The molecule has 0 heterocycles. The Morgan fingerprint density at radius 3 is 2.60 bits per heavy atom. The second-order valence-electron chi connectivity index (χ2n) is 5.18. The highest BCUT2D eigenvalue weighted by atomic mass is 79.9. The van der Waals surface area contributed by atoms with Gasteiger partial charge in [-0.2, -0.15) is 0 Å². The molecule has 0 aliphatic carbocycles. The highest BCUT2D eigenvalue weighted by molar-refractivity contribution is 9.10. The van der Waals surface area contributed by atoms with Gasteiger partial charge in [-0.3, -0.25) is 9.59 Å². The molecule has 2 rings (SSSR count). The number of esters is 1. The maximum Gasteiger partial charge on any atom is 0.331 e. The molecule has 1 N–H and O–H groups in total. The van der Waals surface area contributed by atoms with Crippen LogP contribution in [0.5, 0.6) is 0 Å². The first-order chi connectivity index (χ1) is 11.9. The Hall–Kier alpha value is -2.73. The fourth-order valence-corrected chi connectivity index (χ4v) is 2.39. The summed E-state index contributed by atoms with van der Waals surface area (Å²) in [4.78, 5) is 34.8. The van der Waals surface area contributed by atoms with E-state index < -0.39 is 18.5 Å². The zero-order valence-corrected chi connectivity index (χ0v) is 15.1. The predicted octanol–water partition coefficient (Wildman–Crippen LogP) is 3.85. The number of nitrogens with one attached hydrogen (secondary N) is 1. The minimum atomic E-state index is -0.618. The molecule has 0 fully saturated rings. The van der Waals surface area contributed by atoms with E-state index in [1.807, 2.05) is 24.3 Å². The Balaban J connectivity index is 1.84. The molecule has 0 aromatic heterocycles. The van der Waals surface area contributed by atoms with Crippen LogP contribution in [-0.2, 0) is 14.3 Å². The molecular weight excluding hydrogens is 386 g/mol. The van der Waals surface area contributed by atoms with Crippen LogP contribution in [0.15, 0.2) is 59.1 Å². The number of benzene rings is 2. The summed E-state index contributed by atoms with van der Waals surface area (Å²) < 4.78 is 5.79. The van der Waals surface area contributed by atoms with E-state index in [1.54, 1.807) is 30.3 Å². The summed E-state index contributed by atoms with van der Waals surface area (Å²) in [6.45, 7) is 1.03. The number of ether oxygens (including phenoxy) is 1. The Kier molecular flexibility index (Phi) is 6.65. The number of anilines is 1. The summed E-state index contributed by atoms with van der Waals surface area (Å²) in [5.74, 6) is -1.20. The summed E-state index contributed by atoms with van der Waals surface area (Å²) in [6, 6.07) is 13.9. The molecule has 2 aromatic carbocycles. The monoisotopic (exact) mass is 401 g/mol. The number of carbonyl (C=O) groups excluding carboxylic acids is 3. The van der Waals surface area contributed by atoms with Crippen LogP contribution in [0, 0.1) is 0 Å². The zero-order valence-electron chi connectivity index (χ0n) is 13.5. The molecular formula is C19H16BrNO4. The van der Waals surface area contributed by atoms with Gasteiger partial charge in [-0.05, 0) is 42.8 Å². The maximum absolute atomic E-state index is 11.8. The lowest BCUT2D eigenvalue weighted by Crippen LogP contribution is -2.20. The number of ketones is 1. The van der Waals surface area contributed by atoms with Crippen LogP contribution in [-0.4, -0.2) is 24.3 Å². The Morgan fingerprint density at radius 2 is 1.88 bits per heavy atom. The summed E-state index contributed by atoms with van der Waals surface area (Å²) in [5.41, 5.74) is 1.79. The maximum atomic E-state index is 11.8. The van der Waals surface area contributed by atoms with E-state index in [-0.39, 0.29) is 5.78 Å². The van der Waals surface area contributed by atoms with Gasteiger partial charge in [0.05, 0.1) is 0 Å². The van der Waals surface area contributed by atoms with Crippen LogP contribution in [0.3, 0.4) is 0 Å². The molecule has 0 radical (unpaired) electrons. The summed E-state index contributed by atoms with van der Waals surface area (Å²) in [6.07, 6.45) is 2.85. The highest BCUT2D eigenvalue weighted by Gasteiger charge is 2.07. The van der Waals surface area contributed by atoms with Crippen molar-refractivity contribution >= 4 is 45.4 Å². The van der Waals surface area contributed by atoms with E-state index >= 15 is 0 Å². The van der Waals surface area contributed by atoms with Gasteiger partial charge in [0.2, 0.25) is 0 Å². The number of amides is 1. The quantitative estimate of drug-likeness (QED) is 0.453. The second-order valence-corrected chi connectivity index (χ2v) is 6.10. The Morgan fingerprint density at radius 1 is 1.12 bits per heavy atom. The topological polar surface area (TPSA) is 72.5 Å². The third kappa shape index (κ3) is 6.35. The van der Waals surface area contributed by atoms with Crippen LogP contribution in [0.4, 0.5) is 5.69 Å². The van der Waals surface area contributed by atoms with Crippen molar-refractivity contribution in [2.45, 2.75) is 6.92 Å². The minimum absolute atomic E-state index is 0.0970. The predicted molar refractivity (Wildman–Crippen MR) is 99.2 cm³/mol.